The van der Waals surface area contributed by atoms with Gasteiger partial charge in [0.05, 0.1) is 0 Å². The average molecular weight is 152 g/mol. The van der Waals surface area contributed by atoms with Crippen LogP contribution in [0.2, 0.25) is 0 Å². The molecule has 0 unspecified atom stereocenters. The van der Waals surface area contributed by atoms with Crippen molar-refractivity contribution in [1.82, 2.24) is 4.98 Å². The van der Waals surface area contributed by atoms with E-state index in [0.29, 0.717) is 0 Å². The van der Waals surface area contributed by atoms with E-state index >= 15 is 0 Å². The number of anilines is 1. The van der Waals surface area contributed by atoms with Gasteiger partial charge in [0.25, 0.3) is 0 Å². The minimum atomic E-state index is -1.06. The fourth-order valence-electron chi connectivity index (χ4n) is 0.804. The number of nitrogen functional groups attached to an aromatic ring is 1. The Kier molecular flexibility index (Phi) is 1.76. The van der Waals surface area contributed by atoms with Gasteiger partial charge in [0, 0.05) is 0 Å². The summed E-state index contributed by atoms with van der Waals surface area (Å²) in [7, 11) is 0. The number of nitrogens with two attached hydrogens (primary N) is 1. The lowest BCUT2D eigenvalue weighted by Crippen LogP contribution is -2.03. The van der Waals surface area contributed by atoms with Crippen LogP contribution >= 0.6 is 0 Å². The van der Waals surface area contributed by atoms with E-state index in [9.17, 15) is 4.79 Å². The van der Waals surface area contributed by atoms with E-state index in [4.69, 9.17) is 10.8 Å². The van der Waals surface area contributed by atoms with Gasteiger partial charge in [0.2, 0.25) is 0 Å². The molecule has 0 radical (unpaired) electrons. The maximum Gasteiger partial charge on any atom is 0.354 e. The standard InChI is InChI=1S/C7H8N2O2/c1-4-2-5(7(10)11)9-6(8)3-4/h2-3H,1H3,(H2,8,9)(H,10,11). The Balaban J connectivity index is 3.19. The Labute approximate surface area is 63.7 Å². The summed E-state index contributed by atoms with van der Waals surface area (Å²) >= 11 is 0. The van der Waals surface area contributed by atoms with E-state index in [1.807, 2.05) is 0 Å². The Morgan fingerprint density at radius 1 is 1.64 bits per heavy atom. The zero-order valence-corrected chi connectivity index (χ0v) is 6.03. The van der Waals surface area contributed by atoms with E-state index < -0.39 is 5.97 Å². The highest BCUT2D eigenvalue weighted by Crippen LogP contribution is 2.05. The maximum atomic E-state index is 10.4. The zero-order chi connectivity index (χ0) is 8.43. The lowest BCUT2D eigenvalue weighted by atomic mass is 10.2. The summed E-state index contributed by atoms with van der Waals surface area (Å²) in [5.74, 6) is -0.817. The highest BCUT2D eigenvalue weighted by molar-refractivity contribution is 5.85. The molecule has 1 aromatic rings. The van der Waals surface area contributed by atoms with Crippen molar-refractivity contribution in [2.45, 2.75) is 6.92 Å². The van der Waals surface area contributed by atoms with Gasteiger partial charge in [-0.15, -0.1) is 0 Å². The first-order chi connectivity index (χ1) is 5.09. The van der Waals surface area contributed by atoms with E-state index in [1.165, 1.54) is 6.07 Å². The zero-order valence-electron chi connectivity index (χ0n) is 6.03. The molecule has 0 spiro atoms. The number of hydrogen-bond acceptors (Lipinski definition) is 3. The second kappa shape index (κ2) is 2.57. The maximum absolute atomic E-state index is 10.4. The van der Waals surface area contributed by atoms with Crippen LogP contribution in [0.4, 0.5) is 5.82 Å². The van der Waals surface area contributed by atoms with Gasteiger partial charge in [-0.1, -0.05) is 0 Å². The summed E-state index contributed by atoms with van der Waals surface area (Å²) in [6.07, 6.45) is 0. The van der Waals surface area contributed by atoms with E-state index in [-0.39, 0.29) is 11.5 Å². The number of carbonyl (C=O) groups is 1. The smallest absolute Gasteiger partial charge is 0.354 e. The first-order valence-electron chi connectivity index (χ1n) is 3.07. The SMILES string of the molecule is Cc1cc(N)nc(C(=O)O)c1. The van der Waals surface area contributed by atoms with Crippen LogP contribution in [0.5, 0.6) is 0 Å². The number of rotatable bonds is 1. The minimum absolute atomic E-state index is 0.0116. The van der Waals surface area contributed by atoms with Crippen LogP contribution in [0.15, 0.2) is 12.1 Å². The minimum Gasteiger partial charge on any atom is -0.477 e. The van der Waals surface area contributed by atoms with Crippen molar-refractivity contribution in [3.63, 3.8) is 0 Å². The Bertz CT molecular complexity index is 276. The molecule has 3 N–H and O–H groups in total. The van der Waals surface area contributed by atoms with Crippen molar-refractivity contribution < 1.29 is 9.90 Å². The van der Waals surface area contributed by atoms with Crippen LogP contribution in [0.3, 0.4) is 0 Å². The molecule has 0 amide bonds. The van der Waals surface area contributed by atoms with Crippen molar-refractivity contribution in [3.8, 4) is 0 Å². The van der Waals surface area contributed by atoms with Crippen LogP contribution in [0.25, 0.3) is 0 Å². The molecule has 0 aliphatic heterocycles. The predicted octanol–water partition coefficient (Wildman–Crippen LogP) is 0.670. The second-order valence-electron chi connectivity index (χ2n) is 2.26. The number of aromatic carboxylic acids is 1. The molecule has 0 aromatic carbocycles. The third-order valence-corrected chi connectivity index (χ3v) is 1.21. The molecule has 11 heavy (non-hydrogen) atoms. The topological polar surface area (TPSA) is 76.2 Å². The van der Waals surface area contributed by atoms with Crippen LogP contribution in [0, 0.1) is 6.92 Å². The summed E-state index contributed by atoms with van der Waals surface area (Å²) in [6.45, 7) is 1.77. The Hall–Kier alpha value is -1.58. The molecule has 0 fully saturated rings. The molecule has 1 rings (SSSR count). The average Bonchev–Trinajstić information content (AvgIpc) is 1.85. The molecule has 1 aromatic heterocycles. The molecule has 0 aliphatic rings. The second-order valence-corrected chi connectivity index (χ2v) is 2.26. The fourth-order valence-corrected chi connectivity index (χ4v) is 0.804. The first-order valence-corrected chi connectivity index (χ1v) is 3.07. The normalized spacial score (nSPS) is 9.55. The van der Waals surface area contributed by atoms with Gasteiger partial charge in [0.15, 0.2) is 5.69 Å². The molecule has 1 heterocycles. The number of carboxylic acid groups (broad SMARTS) is 1. The van der Waals surface area contributed by atoms with Gasteiger partial charge >= 0.3 is 5.97 Å². The largest absolute Gasteiger partial charge is 0.477 e. The lowest BCUT2D eigenvalue weighted by molar-refractivity contribution is 0.0690. The number of nitrogens with zero attached hydrogens (tertiary/aromatic N) is 1. The predicted molar refractivity (Wildman–Crippen MR) is 40.3 cm³/mol. The number of aryl methyl sites for hydroxylation is 1. The van der Waals surface area contributed by atoms with E-state index in [2.05, 4.69) is 4.98 Å². The molecule has 0 bridgehead atoms. The molecule has 0 saturated heterocycles. The van der Waals surface area contributed by atoms with Crippen LogP contribution in [-0.4, -0.2) is 16.1 Å². The molecule has 58 valence electrons. The molecule has 4 heteroatoms. The molecule has 4 nitrogen and oxygen atoms in total. The number of aromatic nitrogens is 1. The highest BCUT2D eigenvalue weighted by Gasteiger charge is 2.04. The first kappa shape index (κ1) is 7.53. The van der Waals surface area contributed by atoms with Gasteiger partial charge in [0.1, 0.15) is 5.82 Å². The number of hydrogen-bond donors (Lipinski definition) is 2. The summed E-state index contributed by atoms with van der Waals surface area (Å²) in [5.41, 5.74) is 6.11. The number of pyridine rings is 1. The molecule has 0 aliphatic carbocycles. The van der Waals surface area contributed by atoms with Gasteiger partial charge in [-0.25, -0.2) is 9.78 Å². The van der Waals surface area contributed by atoms with Crippen molar-refractivity contribution in [2.24, 2.45) is 0 Å². The third kappa shape index (κ3) is 1.67. The van der Waals surface area contributed by atoms with Crippen molar-refractivity contribution in [1.29, 1.82) is 0 Å². The van der Waals surface area contributed by atoms with Gasteiger partial charge in [-0.05, 0) is 24.6 Å². The monoisotopic (exact) mass is 152 g/mol. The quantitative estimate of drug-likeness (QED) is 0.620. The van der Waals surface area contributed by atoms with Crippen molar-refractivity contribution in [3.05, 3.63) is 23.4 Å². The Morgan fingerprint density at radius 2 is 2.27 bits per heavy atom. The summed E-state index contributed by atoms with van der Waals surface area (Å²) in [6, 6.07) is 3.09. The molecule has 0 atom stereocenters. The summed E-state index contributed by atoms with van der Waals surface area (Å²) < 4.78 is 0. The van der Waals surface area contributed by atoms with Crippen molar-refractivity contribution in [2.75, 3.05) is 5.73 Å². The van der Waals surface area contributed by atoms with E-state index in [0.717, 1.165) is 5.56 Å². The fraction of sp³-hybridized carbons (Fsp3) is 0.143. The summed E-state index contributed by atoms with van der Waals surface area (Å²) in [5, 5.41) is 8.52. The number of carboxylic acids is 1. The third-order valence-electron chi connectivity index (χ3n) is 1.21. The van der Waals surface area contributed by atoms with Crippen LogP contribution in [0.1, 0.15) is 16.1 Å². The molecular weight excluding hydrogens is 144 g/mol. The van der Waals surface area contributed by atoms with Gasteiger partial charge < -0.3 is 10.8 Å². The highest BCUT2D eigenvalue weighted by atomic mass is 16.4. The summed E-state index contributed by atoms with van der Waals surface area (Å²) in [4.78, 5) is 14.0. The van der Waals surface area contributed by atoms with Crippen LogP contribution < -0.4 is 5.73 Å². The Morgan fingerprint density at radius 3 is 2.73 bits per heavy atom. The van der Waals surface area contributed by atoms with E-state index in [1.54, 1.807) is 13.0 Å². The lowest BCUT2D eigenvalue weighted by Gasteiger charge is -1.97. The van der Waals surface area contributed by atoms with Gasteiger partial charge in [-0.3, -0.25) is 0 Å². The molecule has 0 saturated carbocycles. The molecular formula is C7H8N2O2. The van der Waals surface area contributed by atoms with Crippen LogP contribution in [-0.2, 0) is 0 Å². The van der Waals surface area contributed by atoms with Gasteiger partial charge in [-0.2, -0.15) is 0 Å². The van der Waals surface area contributed by atoms with Crippen molar-refractivity contribution >= 4 is 11.8 Å².